The Kier molecular flexibility index (Phi) is 6.47. The molecule has 5 nitrogen and oxygen atoms in total. The fourth-order valence-corrected chi connectivity index (χ4v) is 4.43. The van der Waals surface area contributed by atoms with Crippen LogP contribution in [0.1, 0.15) is 51.5 Å². The maximum atomic E-state index is 12.8. The molecule has 2 aliphatic rings. The third kappa shape index (κ3) is 4.67. The number of imide groups is 1. The molecule has 27 heavy (non-hydrogen) atoms. The molecule has 1 aliphatic heterocycles. The van der Waals surface area contributed by atoms with Crippen molar-refractivity contribution in [1.82, 2.24) is 4.90 Å². The zero-order valence-corrected chi connectivity index (χ0v) is 17.0. The van der Waals surface area contributed by atoms with Crippen LogP contribution in [0, 0.1) is 5.92 Å². The fraction of sp³-hybridized carbons (Fsp3) is 0.524. The third-order valence-electron chi connectivity index (χ3n) is 4.91. The van der Waals surface area contributed by atoms with Crippen LogP contribution in [0.2, 0.25) is 0 Å². The van der Waals surface area contributed by atoms with E-state index in [1.54, 1.807) is 13.2 Å². The molecule has 0 atom stereocenters. The number of para-hydroxylation sites is 1. The van der Waals surface area contributed by atoms with Gasteiger partial charge in [0.2, 0.25) is 0 Å². The Morgan fingerprint density at radius 3 is 2.63 bits per heavy atom. The Hall–Kier alpha value is -1.95. The highest BCUT2D eigenvalue weighted by Crippen LogP contribution is 2.38. The molecule has 0 bridgehead atoms. The van der Waals surface area contributed by atoms with E-state index >= 15 is 0 Å². The van der Waals surface area contributed by atoms with Gasteiger partial charge in [0.05, 0.1) is 18.1 Å². The van der Waals surface area contributed by atoms with Crippen LogP contribution in [-0.4, -0.2) is 35.8 Å². The molecule has 0 unspecified atom stereocenters. The predicted molar refractivity (Wildman–Crippen MR) is 108 cm³/mol. The molecule has 1 saturated carbocycles. The Labute approximate surface area is 165 Å². The van der Waals surface area contributed by atoms with E-state index in [1.165, 1.54) is 24.2 Å². The first-order chi connectivity index (χ1) is 13.0. The third-order valence-corrected chi connectivity index (χ3v) is 5.82. The summed E-state index contributed by atoms with van der Waals surface area (Å²) in [5.74, 6) is 1.44. The summed E-state index contributed by atoms with van der Waals surface area (Å²) in [6.07, 6.45) is 7.55. The minimum atomic E-state index is -0.200. The second-order valence-corrected chi connectivity index (χ2v) is 8.33. The topological polar surface area (TPSA) is 55.8 Å². The smallest absolute Gasteiger partial charge is 0.293 e. The Balaban J connectivity index is 1.83. The summed E-state index contributed by atoms with van der Waals surface area (Å²) in [6.45, 7) is 4.41. The summed E-state index contributed by atoms with van der Waals surface area (Å²) in [5.41, 5.74) is 0.742. The van der Waals surface area contributed by atoms with Crippen LogP contribution in [0.3, 0.4) is 0 Å². The second-order valence-electron chi connectivity index (χ2n) is 7.34. The highest BCUT2D eigenvalue weighted by molar-refractivity contribution is 8.18. The molecule has 0 radical (unpaired) electrons. The first kappa shape index (κ1) is 19.8. The molecule has 1 heterocycles. The average molecular weight is 390 g/mol. The van der Waals surface area contributed by atoms with E-state index in [9.17, 15) is 9.59 Å². The van der Waals surface area contributed by atoms with Gasteiger partial charge >= 0.3 is 0 Å². The maximum absolute atomic E-state index is 12.8. The Morgan fingerprint density at radius 2 is 1.96 bits per heavy atom. The van der Waals surface area contributed by atoms with Gasteiger partial charge in [-0.05, 0) is 56.5 Å². The van der Waals surface area contributed by atoms with Gasteiger partial charge in [-0.1, -0.05) is 31.4 Å². The number of carbonyl (C=O) groups is 2. The standard InChI is InChI=1S/C21H27NO4S/c1-14(2)26-19-16(10-7-11-17(19)25-3)12-18-20(23)22(21(24)27-18)13-15-8-5-4-6-9-15/h7,10-12,14-15H,4-6,8-9,13H2,1-3H3/b18-12+. The molecule has 0 aromatic heterocycles. The number of amides is 2. The number of hydrogen-bond donors (Lipinski definition) is 0. The molecular weight excluding hydrogens is 362 g/mol. The second kappa shape index (κ2) is 8.83. The van der Waals surface area contributed by atoms with Crippen molar-refractivity contribution < 1.29 is 19.1 Å². The lowest BCUT2D eigenvalue weighted by molar-refractivity contribution is -0.123. The van der Waals surface area contributed by atoms with Crippen molar-refractivity contribution in [1.29, 1.82) is 0 Å². The molecule has 1 aliphatic carbocycles. The summed E-state index contributed by atoms with van der Waals surface area (Å²) in [5, 5.41) is -0.175. The molecule has 1 saturated heterocycles. The van der Waals surface area contributed by atoms with E-state index in [2.05, 4.69) is 0 Å². The molecule has 1 aromatic carbocycles. The molecular formula is C21H27NO4S. The van der Waals surface area contributed by atoms with Crippen LogP contribution >= 0.6 is 11.8 Å². The van der Waals surface area contributed by atoms with E-state index in [1.807, 2.05) is 32.0 Å². The van der Waals surface area contributed by atoms with E-state index < -0.39 is 0 Å². The van der Waals surface area contributed by atoms with Crippen LogP contribution in [0.5, 0.6) is 11.5 Å². The molecule has 2 fully saturated rings. The van der Waals surface area contributed by atoms with Crippen LogP contribution in [0.15, 0.2) is 23.1 Å². The number of methoxy groups -OCH3 is 1. The summed E-state index contributed by atoms with van der Waals surface area (Å²) in [7, 11) is 1.59. The van der Waals surface area contributed by atoms with Gasteiger partial charge in [-0.3, -0.25) is 14.5 Å². The van der Waals surface area contributed by atoms with E-state index in [-0.39, 0.29) is 17.3 Å². The van der Waals surface area contributed by atoms with E-state index in [0.29, 0.717) is 28.9 Å². The number of rotatable bonds is 6. The number of nitrogens with zero attached hydrogens (tertiary/aromatic N) is 1. The van der Waals surface area contributed by atoms with Crippen molar-refractivity contribution >= 4 is 29.0 Å². The lowest BCUT2D eigenvalue weighted by Gasteiger charge is -2.25. The number of thioether (sulfide) groups is 1. The van der Waals surface area contributed by atoms with Gasteiger partial charge in [0.25, 0.3) is 11.1 Å². The van der Waals surface area contributed by atoms with Crippen molar-refractivity contribution in [3.05, 3.63) is 28.7 Å². The molecule has 146 valence electrons. The molecule has 1 aromatic rings. The summed E-state index contributed by atoms with van der Waals surface area (Å²) < 4.78 is 11.3. The SMILES string of the molecule is COc1cccc(/C=C2/SC(=O)N(CC3CCCCC3)C2=O)c1OC(C)C. The predicted octanol–water partition coefficient (Wildman–Crippen LogP) is 5.10. The van der Waals surface area contributed by atoms with Crippen molar-refractivity contribution in [3.8, 4) is 11.5 Å². The van der Waals surface area contributed by atoms with Gasteiger partial charge in [-0.25, -0.2) is 0 Å². The molecule has 2 amide bonds. The number of hydrogen-bond acceptors (Lipinski definition) is 5. The average Bonchev–Trinajstić information content (AvgIpc) is 2.91. The zero-order valence-electron chi connectivity index (χ0n) is 16.2. The lowest BCUT2D eigenvalue weighted by atomic mass is 9.89. The number of benzene rings is 1. The van der Waals surface area contributed by atoms with Crippen LogP contribution in [0.25, 0.3) is 6.08 Å². The van der Waals surface area contributed by atoms with Gasteiger partial charge in [0.15, 0.2) is 11.5 Å². The molecule has 3 rings (SSSR count). The van der Waals surface area contributed by atoms with Crippen molar-refractivity contribution in [2.24, 2.45) is 5.92 Å². The van der Waals surface area contributed by atoms with Crippen molar-refractivity contribution in [2.75, 3.05) is 13.7 Å². The Bertz CT molecular complexity index is 738. The van der Waals surface area contributed by atoms with E-state index in [4.69, 9.17) is 9.47 Å². The summed E-state index contributed by atoms with van der Waals surface area (Å²) >= 11 is 1.01. The normalized spacial score (nSPS) is 20.0. The summed E-state index contributed by atoms with van der Waals surface area (Å²) in [4.78, 5) is 27.1. The fourth-order valence-electron chi connectivity index (χ4n) is 3.60. The molecule has 0 N–H and O–H groups in total. The van der Waals surface area contributed by atoms with Gasteiger partial charge in [-0.2, -0.15) is 0 Å². The molecule has 0 spiro atoms. The quantitative estimate of drug-likeness (QED) is 0.634. The Morgan fingerprint density at radius 1 is 1.22 bits per heavy atom. The summed E-state index contributed by atoms with van der Waals surface area (Å²) in [6, 6.07) is 5.54. The number of ether oxygens (including phenoxy) is 2. The van der Waals surface area contributed by atoms with Crippen LogP contribution in [0.4, 0.5) is 4.79 Å². The first-order valence-corrected chi connectivity index (χ1v) is 10.4. The zero-order chi connectivity index (χ0) is 19.4. The van der Waals surface area contributed by atoms with Crippen molar-refractivity contribution in [2.45, 2.75) is 52.1 Å². The first-order valence-electron chi connectivity index (χ1n) is 9.58. The maximum Gasteiger partial charge on any atom is 0.293 e. The number of carbonyl (C=O) groups excluding carboxylic acids is 2. The largest absolute Gasteiger partial charge is 0.493 e. The van der Waals surface area contributed by atoms with Crippen molar-refractivity contribution in [3.63, 3.8) is 0 Å². The van der Waals surface area contributed by atoms with E-state index in [0.717, 1.165) is 30.2 Å². The monoisotopic (exact) mass is 389 g/mol. The van der Waals surface area contributed by atoms with Gasteiger partial charge in [0, 0.05) is 12.1 Å². The minimum Gasteiger partial charge on any atom is -0.493 e. The van der Waals surface area contributed by atoms with Gasteiger partial charge < -0.3 is 9.47 Å². The highest BCUT2D eigenvalue weighted by atomic mass is 32.2. The highest BCUT2D eigenvalue weighted by Gasteiger charge is 2.36. The lowest BCUT2D eigenvalue weighted by Crippen LogP contribution is -2.34. The minimum absolute atomic E-state index is 0.0326. The van der Waals surface area contributed by atoms with Crippen LogP contribution in [-0.2, 0) is 4.79 Å². The van der Waals surface area contributed by atoms with Crippen LogP contribution < -0.4 is 9.47 Å². The van der Waals surface area contributed by atoms with Gasteiger partial charge in [-0.15, -0.1) is 0 Å². The van der Waals surface area contributed by atoms with Gasteiger partial charge in [0.1, 0.15) is 0 Å². The molecule has 6 heteroatoms.